The summed E-state index contributed by atoms with van der Waals surface area (Å²) in [6, 6.07) is 8.81. The molecule has 25 heavy (non-hydrogen) atoms. The minimum Gasteiger partial charge on any atom is -0.441 e. The van der Waals surface area contributed by atoms with Crippen LogP contribution >= 0.6 is 0 Å². The van der Waals surface area contributed by atoms with E-state index in [1.54, 1.807) is 18.3 Å². The third-order valence-corrected chi connectivity index (χ3v) is 3.58. The van der Waals surface area contributed by atoms with E-state index in [2.05, 4.69) is 20.8 Å². The molecule has 2 amide bonds. The first-order valence-electron chi connectivity index (χ1n) is 8.04. The second-order valence-electron chi connectivity index (χ2n) is 6.04. The van der Waals surface area contributed by atoms with Crippen molar-refractivity contribution >= 4 is 11.7 Å². The van der Waals surface area contributed by atoms with Crippen LogP contribution in [-0.4, -0.2) is 16.2 Å². The highest BCUT2D eigenvalue weighted by Gasteiger charge is 2.10. The van der Waals surface area contributed by atoms with Crippen LogP contribution in [0.1, 0.15) is 37.0 Å². The van der Waals surface area contributed by atoms with Gasteiger partial charge in [0, 0.05) is 17.3 Å². The monoisotopic (exact) mass is 340 g/mol. The Morgan fingerprint density at radius 1 is 1.28 bits per heavy atom. The zero-order chi connectivity index (χ0) is 17.8. The number of benzene rings is 1. The maximum absolute atomic E-state index is 12.1. The Morgan fingerprint density at radius 2 is 2.12 bits per heavy atom. The fourth-order valence-corrected chi connectivity index (χ4v) is 2.25. The van der Waals surface area contributed by atoms with Gasteiger partial charge >= 0.3 is 6.03 Å². The van der Waals surface area contributed by atoms with Crippen molar-refractivity contribution in [3.63, 3.8) is 0 Å². The van der Waals surface area contributed by atoms with E-state index in [0.29, 0.717) is 17.3 Å². The van der Waals surface area contributed by atoms with Crippen molar-refractivity contribution in [2.24, 2.45) is 0 Å². The Morgan fingerprint density at radius 3 is 2.80 bits per heavy atom. The molecule has 0 unspecified atom stereocenters. The Bertz CT molecular complexity index is 867. The van der Waals surface area contributed by atoms with Gasteiger partial charge in [-0.1, -0.05) is 25.1 Å². The van der Waals surface area contributed by atoms with Crippen LogP contribution in [0.25, 0.3) is 11.5 Å². The molecule has 3 aromatic rings. The molecule has 130 valence electrons. The van der Waals surface area contributed by atoms with E-state index in [-0.39, 0.29) is 18.5 Å². The van der Waals surface area contributed by atoms with Crippen molar-refractivity contribution in [3.8, 4) is 11.5 Å². The van der Waals surface area contributed by atoms with Gasteiger partial charge in [-0.3, -0.25) is 0 Å². The SMILES string of the molecule is Cc1cnc(-c2cccc(NC(=O)NCc3cc(C(C)C)no3)c2)o1. The Kier molecular flexibility index (Phi) is 4.83. The predicted octanol–water partition coefficient (Wildman–Crippen LogP) is 4.08. The molecule has 0 bridgehead atoms. The fourth-order valence-electron chi connectivity index (χ4n) is 2.25. The van der Waals surface area contributed by atoms with Crippen LogP contribution in [0.5, 0.6) is 0 Å². The van der Waals surface area contributed by atoms with E-state index in [1.165, 1.54) is 0 Å². The van der Waals surface area contributed by atoms with Crippen LogP contribution in [0.3, 0.4) is 0 Å². The van der Waals surface area contributed by atoms with Gasteiger partial charge in [-0.2, -0.15) is 0 Å². The molecule has 0 aliphatic carbocycles. The van der Waals surface area contributed by atoms with E-state index in [9.17, 15) is 4.79 Å². The zero-order valence-electron chi connectivity index (χ0n) is 14.4. The molecular weight excluding hydrogens is 320 g/mol. The van der Waals surface area contributed by atoms with Crippen LogP contribution in [0.15, 0.2) is 45.5 Å². The summed E-state index contributed by atoms with van der Waals surface area (Å²) in [5.74, 6) is 2.15. The van der Waals surface area contributed by atoms with Crippen molar-refractivity contribution in [2.45, 2.75) is 33.2 Å². The quantitative estimate of drug-likeness (QED) is 0.730. The molecule has 0 spiro atoms. The van der Waals surface area contributed by atoms with Crippen LogP contribution in [-0.2, 0) is 6.54 Å². The lowest BCUT2D eigenvalue weighted by Crippen LogP contribution is -2.28. The number of hydrogen-bond acceptors (Lipinski definition) is 5. The smallest absolute Gasteiger partial charge is 0.319 e. The lowest BCUT2D eigenvalue weighted by Gasteiger charge is -2.07. The fraction of sp³-hybridized carbons (Fsp3) is 0.278. The number of nitrogens with zero attached hydrogens (tertiary/aromatic N) is 2. The van der Waals surface area contributed by atoms with E-state index in [4.69, 9.17) is 8.94 Å². The Balaban J connectivity index is 1.59. The van der Waals surface area contributed by atoms with E-state index in [0.717, 1.165) is 17.0 Å². The number of hydrogen-bond donors (Lipinski definition) is 2. The predicted molar refractivity (Wildman–Crippen MR) is 93.1 cm³/mol. The van der Waals surface area contributed by atoms with Gasteiger partial charge in [-0.25, -0.2) is 9.78 Å². The van der Waals surface area contributed by atoms with Gasteiger partial charge in [0.15, 0.2) is 5.76 Å². The maximum Gasteiger partial charge on any atom is 0.319 e. The van der Waals surface area contributed by atoms with Crippen molar-refractivity contribution in [2.75, 3.05) is 5.32 Å². The molecule has 0 aliphatic rings. The molecule has 2 N–H and O–H groups in total. The number of urea groups is 1. The Hall–Kier alpha value is -3.09. The lowest BCUT2D eigenvalue weighted by atomic mass is 10.1. The largest absolute Gasteiger partial charge is 0.441 e. The average molecular weight is 340 g/mol. The first-order chi connectivity index (χ1) is 12.0. The molecule has 3 rings (SSSR count). The molecule has 0 saturated carbocycles. The Labute approximate surface area is 145 Å². The highest BCUT2D eigenvalue weighted by atomic mass is 16.5. The summed E-state index contributed by atoms with van der Waals surface area (Å²) in [5.41, 5.74) is 2.31. The number of carbonyl (C=O) groups excluding carboxylic acids is 1. The maximum atomic E-state index is 12.1. The second-order valence-corrected chi connectivity index (χ2v) is 6.04. The van der Waals surface area contributed by atoms with Gasteiger partial charge in [0.25, 0.3) is 0 Å². The van der Waals surface area contributed by atoms with Gasteiger partial charge < -0.3 is 19.6 Å². The molecule has 0 saturated heterocycles. The molecule has 0 fully saturated rings. The summed E-state index contributed by atoms with van der Waals surface area (Å²) in [7, 11) is 0. The van der Waals surface area contributed by atoms with E-state index >= 15 is 0 Å². The van der Waals surface area contributed by atoms with E-state index < -0.39 is 0 Å². The normalized spacial score (nSPS) is 10.9. The number of rotatable bonds is 5. The summed E-state index contributed by atoms with van der Waals surface area (Å²) in [5, 5.41) is 9.48. The van der Waals surface area contributed by atoms with Gasteiger partial charge in [-0.05, 0) is 31.0 Å². The number of carbonyl (C=O) groups is 1. The third-order valence-electron chi connectivity index (χ3n) is 3.58. The molecule has 2 heterocycles. The summed E-state index contributed by atoms with van der Waals surface area (Å²) in [4.78, 5) is 16.2. The zero-order valence-corrected chi connectivity index (χ0v) is 14.4. The van der Waals surface area contributed by atoms with Gasteiger partial charge in [0.05, 0.1) is 18.4 Å². The molecule has 0 aliphatic heterocycles. The number of aryl methyl sites for hydroxylation is 1. The van der Waals surface area contributed by atoms with Gasteiger partial charge in [0.2, 0.25) is 5.89 Å². The minimum atomic E-state index is -0.330. The number of anilines is 1. The van der Waals surface area contributed by atoms with Crippen molar-refractivity contribution in [1.29, 1.82) is 0 Å². The van der Waals surface area contributed by atoms with Crippen LogP contribution in [0.2, 0.25) is 0 Å². The summed E-state index contributed by atoms with van der Waals surface area (Å²) in [6.45, 7) is 6.17. The van der Waals surface area contributed by atoms with Crippen LogP contribution in [0, 0.1) is 6.92 Å². The third kappa shape index (κ3) is 4.26. The van der Waals surface area contributed by atoms with Gasteiger partial charge in [-0.15, -0.1) is 0 Å². The number of aromatic nitrogens is 2. The second kappa shape index (κ2) is 7.21. The summed E-state index contributed by atoms with van der Waals surface area (Å²) >= 11 is 0. The first-order valence-corrected chi connectivity index (χ1v) is 8.04. The first kappa shape index (κ1) is 16.8. The van der Waals surface area contributed by atoms with Crippen molar-refractivity contribution in [1.82, 2.24) is 15.5 Å². The number of oxazole rings is 1. The molecule has 2 aromatic heterocycles. The topological polar surface area (TPSA) is 93.2 Å². The average Bonchev–Trinajstić information content (AvgIpc) is 3.22. The number of amides is 2. The van der Waals surface area contributed by atoms with Crippen molar-refractivity contribution in [3.05, 3.63) is 53.7 Å². The van der Waals surface area contributed by atoms with E-state index in [1.807, 2.05) is 39.0 Å². The summed E-state index contributed by atoms with van der Waals surface area (Å²) in [6.07, 6.45) is 1.66. The highest BCUT2D eigenvalue weighted by molar-refractivity contribution is 5.89. The standard InChI is InChI=1S/C18H20N4O3/c1-11(2)16-8-15(25-22-16)10-20-18(23)21-14-6-4-5-13(7-14)17-19-9-12(3)24-17/h4-9,11H,10H2,1-3H3,(H2,20,21,23). The van der Waals surface area contributed by atoms with Crippen molar-refractivity contribution < 1.29 is 13.7 Å². The molecule has 7 nitrogen and oxygen atoms in total. The van der Waals surface area contributed by atoms with Gasteiger partial charge in [0.1, 0.15) is 5.76 Å². The number of nitrogens with one attached hydrogen (secondary N) is 2. The molecule has 0 radical (unpaired) electrons. The molecule has 1 aromatic carbocycles. The highest BCUT2D eigenvalue weighted by Crippen LogP contribution is 2.22. The van der Waals surface area contributed by atoms with Crippen LogP contribution < -0.4 is 10.6 Å². The summed E-state index contributed by atoms with van der Waals surface area (Å²) < 4.78 is 10.7. The lowest BCUT2D eigenvalue weighted by molar-refractivity contribution is 0.250. The molecule has 7 heteroatoms. The molecular formula is C18H20N4O3. The van der Waals surface area contributed by atoms with Crippen LogP contribution in [0.4, 0.5) is 10.5 Å². The molecule has 0 atom stereocenters. The minimum absolute atomic E-state index is 0.268.